The smallest absolute Gasteiger partial charge is 0.364 e. The van der Waals surface area contributed by atoms with E-state index in [4.69, 9.17) is 5.73 Å². The van der Waals surface area contributed by atoms with Gasteiger partial charge in [-0.05, 0) is 37.9 Å². The lowest BCUT2D eigenvalue weighted by molar-refractivity contribution is 0.157. The maximum absolute atomic E-state index is 14.5. The molecule has 124 valence electrons. The van der Waals surface area contributed by atoms with E-state index >= 15 is 0 Å². The summed E-state index contributed by atoms with van der Waals surface area (Å²) in [7, 11) is 0. The number of aryl methyl sites for hydroxylation is 1. The van der Waals surface area contributed by atoms with Gasteiger partial charge in [0.15, 0.2) is 0 Å². The van der Waals surface area contributed by atoms with Gasteiger partial charge in [-0.3, -0.25) is 9.36 Å². The second kappa shape index (κ2) is 5.69. The minimum absolute atomic E-state index is 0.0191. The Bertz CT molecular complexity index is 874. The van der Waals surface area contributed by atoms with Gasteiger partial charge in [-0.25, -0.2) is 9.18 Å². The topological polar surface area (TPSA) is 93.5 Å². The van der Waals surface area contributed by atoms with Gasteiger partial charge in [0.2, 0.25) is 0 Å². The van der Waals surface area contributed by atoms with E-state index in [-0.39, 0.29) is 16.7 Å². The Balaban J connectivity index is 2.23. The lowest BCUT2D eigenvalue weighted by atomic mass is 10.1. The highest BCUT2D eigenvalue weighted by Gasteiger charge is 2.25. The van der Waals surface area contributed by atoms with Crippen LogP contribution in [0, 0.1) is 11.7 Å². The minimum atomic E-state index is -0.915. The van der Waals surface area contributed by atoms with Crippen molar-refractivity contribution in [3.63, 3.8) is 0 Å². The number of rotatable bonds is 3. The third-order valence-electron chi connectivity index (χ3n) is 4.47. The molecular weight excluding hydrogens is 303 g/mol. The van der Waals surface area contributed by atoms with E-state index in [1.54, 1.807) is 6.92 Å². The number of aromatic nitrogens is 2. The average molecular weight is 322 g/mol. The first-order valence-electron chi connectivity index (χ1n) is 7.61. The van der Waals surface area contributed by atoms with Crippen molar-refractivity contribution in [3.8, 4) is 0 Å². The van der Waals surface area contributed by atoms with E-state index < -0.39 is 17.1 Å². The van der Waals surface area contributed by atoms with Crippen LogP contribution in [0.3, 0.4) is 0 Å². The van der Waals surface area contributed by atoms with Crippen molar-refractivity contribution in [1.82, 2.24) is 9.30 Å². The Hall–Kier alpha value is -2.35. The predicted octanol–water partition coefficient (Wildman–Crippen LogP) is 0.345. The second-order valence-corrected chi connectivity index (χ2v) is 5.80. The predicted molar refractivity (Wildman–Crippen MR) is 84.7 cm³/mol. The van der Waals surface area contributed by atoms with E-state index in [2.05, 4.69) is 0 Å². The van der Waals surface area contributed by atoms with Crippen molar-refractivity contribution in [1.29, 1.82) is 0 Å². The van der Waals surface area contributed by atoms with Crippen molar-refractivity contribution < 1.29 is 9.60 Å². The molecule has 1 unspecified atom stereocenters. The van der Waals surface area contributed by atoms with Crippen molar-refractivity contribution in [2.24, 2.45) is 11.7 Å². The summed E-state index contributed by atoms with van der Waals surface area (Å²) in [5.74, 6) is -0.238. The summed E-state index contributed by atoms with van der Waals surface area (Å²) in [6, 6.07) is 2.59. The van der Waals surface area contributed by atoms with E-state index in [1.807, 2.05) is 4.90 Å². The highest BCUT2D eigenvalue weighted by molar-refractivity contribution is 5.82. The monoisotopic (exact) mass is 322 g/mol. The van der Waals surface area contributed by atoms with Crippen LogP contribution in [-0.4, -0.2) is 34.1 Å². The summed E-state index contributed by atoms with van der Waals surface area (Å²) in [6.07, 6.45) is 0.882. The summed E-state index contributed by atoms with van der Waals surface area (Å²) in [6.45, 7) is 3.84. The Morgan fingerprint density at radius 3 is 2.74 bits per heavy atom. The highest BCUT2D eigenvalue weighted by atomic mass is 19.1. The fourth-order valence-electron chi connectivity index (χ4n) is 3.16. The Morgan fingerprint density at radius 1 is 1.39 bits per heavy atom. The molecule has 0 bridgehead atoms. The van der Waals surface area contributed by atoms with E-state index in [0.717, 1.165) is 12.5 Å². The SMILES string of the molecule is CCn1c(=O)n(O)c(=O)c2cc(F)c(N3CCC(CN)C3)cc21. The number of halogens is 1. The quantitative estimate of drug-likeness (QED) is 0.795. The van der Waals surface area contributed by atoms with Crippen molar-refractivity contribution in [3.05, 3.63) is 38.8 Å². The number of fused-ring (bicyclic) bond motifs is 1. The highest BCUT2D eigenvalue weighted by Crippen LogP contribution is 2.28. The fourth-order valence-corrected chi connectivity index (χ4v) is 3.16. The van der Waals surface area contributed by atoms with Crippen LogP contribution in [0.5, 0.6) is 0 Å². The molecule has 2 aromatic rings. The molecular formula is C15H19FN4O3. The summed E-state index contributed by atoms with van der Waals surface area (Å²) in [5, 5.41) is 9.56. The van der Waals surface area contributed by atoms with Gasteiger partial charge in [0.05, 0.1) is 16.6 Å². The molecule has 2 heterocycles. The maximum Gasteiger partial charge on any atom is 0.364 e. The standard InChI is InChI=1S/C15H19FN4O3/c1-2-19-12-6-13(18-4-3-9(7-17)8-18)11(16)5-10(12)14(21)20(23)15(19)22/h5-6,9,23H,2-4,7-8,17H2,1H3. The molecule has 1 saturated heterocycles. The average Bonchev–Trinajstić information content (AvgIpc) is 3.02. The van der Waals surface area contributed by atoms with Crippen LogP contribution in [0.2, 0.25) is 0 Å². The summed E-state index contributed by atoms with van der Waals surface area (Å²) in [4.78, 5) is 25.9. The number of nitrogens with zero attached hydrogens (tertiary/aromatic N) is 3. The normalized spacial score (nSPS) is 18.0. The summed E-state index contributed by atoms with van der Waals surface area (Å²) < 4.78 is 15.7. The van der Waals surface area contributed by atoms with E-state index in [0.29, 0.717) is 36.8 Å². The van der Waals surface area contributed by atoms with Crippen LogP contribution in [0.1, 0.15) is 13.3 Å². The molecule has 3 N–H and O–H groups in total. The van der Waals surface area contributed by atoms with Gasteiger partial charge in [0.1, 0.15) is 5.82 Å². The number of hydrogen-bond acceptors (Lipinski definition) is 5. The molecule has 23 heavy (non-hydrogen) atoms. The largest absolute Gasteiger partial charge is 0.421 e. The first kappa shape index (κ1) is 15.5. The van der Waals surface area contributed by atoms with E-state index in [1.165, 1.54) is 10.6 Å². The molecule has 1 aliphatic heterocycles. The lowest BCUT2D eigenvalue weighted by Crippen LogP contribution is -2.38. The fraction of sp³-hybridized carbons (Fsp3) is 0.467. The molecule has 7 nitrogen and oxygen atoms in total. The molecule has 0 amide bonds. The van der Waals surface area contributed by atoms with Crippen LogP contribution in [-0.2, 0) is 6.54 Å². The number of hydrogen-bond donors (Lipinski definition) is 2. The van der Waals surface area contributed by atoms with Gasteiger partial charge >= 0.3 is 5.69 Å². The Kier molecular flexibility index (Phi) is 3.85. The van der Waals surface area contributed by atoms with Gasteiger partial charge < -0.3 is 15.8 Å². The van der Waals surface area contributed by atoms with Crippen LogP contribution >= 0.6 is 0 Å². The van der Waals surface area contributed by atoms with Crippen LogP contribution in [0.15, 0.2) is 21.7 Å². The van der Waals surface area contributed by atoms with Crippen molar-refractivity contribution >= 4 is 16.6 Å². The zero-order chi connectivity index (χ0) is 16.7. The molecule has 0 radical (unpaired) electrons. The van der Waals surface area contributed by atoms with Crippen molar-refractivity contribution in [2.45, 2.75) is 19.9 Å². The van der Waals surface area contributed by atoms with Gasteiger partial charge in [-0.15, -0.1) is 0 Å². The molecule has 3 rings (SSSR count). The first-order valence-corrected chi connectivity index (χ1v) is 7.61. The summed E-state index contributed by atoms with van der Waals surface area (Å²) in [5.41, 5.74) is 4.59. The Labute approximate surface area is 131 Å². The van der Waals surface area contributed by atoms with Gasteiger partial charge in [-0.2, -0.15) is 0 Å². The maximum atomic E-state index is 14.5. The summed E-state index contributed by atoms with van der Waals surface area (Å²) >= 11 is 0. The number of nitrogens with two attached hydrogens (primary N) is 1. The van der Waals surface area contributed by atoms with Crippen LogP contribution in [0.25, 0.3) is 10.9 Å². The molecule has 0 aliphatic carbocycles. The minimum Gasteiger partial charge on any atom is -0.421 e. The third kappa shape index (κ3) is 2.39. The molecule has 1 atom stereocenters. The van der Waals surface area contributed by atoms with E-state index in [9.17, 15) is 19.2 Å². The molecule has 1 aliphatic rings. The van der Waals surface area contributed by atoms with Crippen LogP contribution in [0.4, 0.5) is 10.1 Å². The van der Waals surface area contributed by atoms with Gasteiger partial charge in [0, 0.05) is 19.6 Å². The molecule has 0 spiro atoms. The first-order chi connectivity index (χ1) is 11.0. The van der Waals surface area contributed by atoms with Crippen LogP contribution < -0.4 is 21.9 Å². The second-order valence-electron chi connectivity index (χ2n) is 5.80. The molecule has 1 fully saturated rings. The molecule has 8 heteroatoms. The zero-order valence-electron chi connectivity index (χ0n) is 12.8. The molecule has 1 aromatic carbocycles. The lowest BCUT2D eigenvalue weighted by Gasteiger charge is -2.20. The van der Waals surface area contributed by atoms with Gasteiger partial charge in [-0.1, -0.05) is 4.73 Å². The number of anilines is 1. The van der Waals surface area contributed by atoms with Gasteiger partial charge in [0.25, 0.3) is 5.56 Å². The zero-order valence-corrected chi connectivity index (χ0v) is 12.8. The molecule has 0 saturated carbocycles. The Morgan fingerprint density at radius 2 is 2.13 bits per heavy atom. The van der Waals surface area contributed by atoms with Crippen molar-refractivity contribution in [2.75, 3.05) is 24.5 Å². The third-order valence-corrected chi connectivity index (χ3v) is 4.47. The molecule has 1 aromatic heterocycles. The number of benzene rings is 1.